The Kier molecular flexibility index (Phi) is 8.50. The first-order valence-electron chi connectivity index (χ1n) is 7.64. The number of carbonyl (C=O) groups excluding carboxylic acids is 1. The minimum absolute atomic E-state index is 0.148. The lowest BCUT2D eigenvalue weighted by Crippen LogP contribution is -2.17. The van der Waals surface area contributed by atoms with Gasteiger partial charge in [0.15, 0.2) is 0 Å². The van der Waals surface area contributed by atoms with E-state index in [1.165, 1.54) is 0 Å². The van der Waals surface area contributed by atoms with Crippen LogP contribution in [-0.2, 0) is 18.6 Å². The summed E-state index contributed by atoms with van der Waals surface area (Å²) >= 11 is 0. The van der Waals surface area contributed by atoms with E-state index in [1.54, 1.807) is 6.92 Å². The van der Waals surface area contributed by atoms with Crippen molar-refractivity contribution in [2.75, 3.05) is 25.5 Å². The molecule has 0 aromatic carbocycles. The van der Waals surface area contributed by atoms with Crippen LogP contribution in [0.2, 0.25) is 0 Å². The third-order valence-electron chi connectivity index (χ3n) is 2.56. The van der Waals surface area contributed by atoms with Gasteiger partial charge in [0.25, 0.3) is 0 Å². The summed E-state index contributed by atoms with van der Waals surface area (Å²) in [5.74, 6) is -0.142. The molecule has 0 saturated heterocycles. The van der Waals surface area contributed by atoms with E-state index in [-0.39, 0.29) is 17.5 Å². The van der Waals surface area contributed by atoms with Crippen LogP contribution in [0.5, 0.6) is 0 Å². The summed E-state index contributed by atoms with van der Waals surface area (Å²) < 4.78 is 23.6. The topological polar surface area (TPSA) is 52.6 Å². The quantitative estimate of drug-likeness (QED) is 0.376. The molecule has 1 atom stereocenters. The van der Waals surface area contributed by atoms with Crippen LogP contribution in [0.1, 0.15) is 48.5 Å². The van der Waals surface area contributed by atoms with Crippen LogP contribution in [0.4, 0.5) is 0 Å². The molecule has 0 heterocycles. The van der Waals surface area contributed by atoms with E-state index in [1.807, 2.05) is 47.6 Å². The molecule has 124 valence electrons. The first-order chi connectivity index (χ1) is 9.53. The lowest BCUT2D eigenvalue weighted by molar-refractivity contribution is -0.138. The van der Waals surface area contributed by atoms with Crippen LogP contribution < -0.4 is 0 Å². The molecule has 0 radical (unpaired) electrons. The molecule has 0 spiro atoms. The molecule has 0 aliphatic heterocycles. The second kappa shape index (κ2) is 8.75. The van der Waals surface area contributed by atoms with Crippen LogP contribution in [0, 0.1) is 11.3 Å². The summed E-state index contributed by atoms with van der Waals surface area (Å²) in [6, 6.07) is 0. The molecule has 0 aromatic heterocycles. The van der Waals surface area contributed by atoms with E-state index in [2.05, 4.69) is 0 Å². The van der Waals surface area contributed by atoms with Crippen molar-refractivity contribution >= 4 is 13.3 Å². The smallest absolute Gasteiger partial charge is 0.334 e. The van der Waals surface area contributed by atoms with E-state index >= 15 is 0 Å². The van der Waals surface area contributed by atoms with Gasteiger partial charge >= 0.3 is 5.97 Å². The van der Waals surface area contributed by atoms with Crippen molar-refractivity contribution in [1.29, 1.82) is 0 Å². The number of allylic oxidation sites excluding steroid dienone is 1. The van der Waals surface area contributed by atoms with Gasteiger partial charge in [-0.15, -0.1) is 0 Å². The summed E-state index contributed by atoms with van der Waals surface area (Å²) in [5, 5.41) is 0. The fraction of sp³-hybridized carbons (Fsp3) is 0.812. The molecule has 0 aromatic rings. The highest BCUT2D eigenvalue weighted by molar-refractivity contribution is 7.59. The Morgan fingerprint density at radius 1 is 1.19 bits per heavy atom. The molecule has 0 N–H and O–H groups in total. The van der Waals surface area contributed by atoms with Crippen molar-refractivity contribution in [1.82, 2.24) is 0 Å². The number of ether oxygens (including phenoxy) is 1. The highest BCUT2D eigenvalue weighted by atomic mass is 31.2. The zero-order valence-corrected chi connectivity index (χ0v) is 15.5. The average molecular weight is 318 g/mol. The van der Waals surface area contributed by atoms with Gasteiger partial charge in [-0.1, -0.05) is 40.7 Å². The number of esters is 1. The molecular weight excluding hydrogens is 287 g/mol. The Morgan fingerprint density at radius 2 is 1.76 bits per heavy atom. The predicted molar refractivity (Wildman–Crippen MR) is 88.0 cm³/mol. The van der Waals surface area contributed by atoms with Gasteiger partial charge in [0, 0.05) is 11.7 Å². The monoisotopic (exact) mass is 318 g/mol. The van der Waals surface area contributed by atoms with Gasteiger partial charge in [0.1, 0.15) is 0 Å². The van der Waals surface area contributed by atoms with Gasteiger partial charge in [-0.05, 0) is 25.2 Å². The molecule has 21 heavy (non-hydrogen) atoms. The zero-order valence-electron chi connectivity index (χ0n) is 14.6. The number of hydrogen-bond donors (Lipinski definition) is 0. The molecule has 4 nitrogen and oxygen atoms in total. The van der Waals surface area contributed by atoms with E-state index in [9.17, 15) is 9.36 Å². The maximum Gasteiger partial charge on any atom is 0.334 e. The van der Waals surface area contributed by atoms with Crippen LogP contribution in [0.3, 0.4) is 0 Å². The van der Waals surface area contributed by atoms with Gasteiger partial charge in [0.05, 0.1) is 19.4 Å². The summed E-state index contributed by atoms with van der Waals surface area (Å²) in [4.78, 5) is 12.1. The van der Waals surface area contributed by atoms with E-state index in [0.717, 1.165) is 0 Å². The van der Waals surface area contributed by atoms with Crippen LogP contribution in [-0.4, -0.2) is 31.5 Å². The normalized spacial score (nSPS) is 15.9. The largest absolute Gasteiger partial charge is 0.463 e. The van der Waals surface area contributed by atoms with E-state index in [4.69, 9.17) is 9.26 Å². The maximum absolute atomic E-state index is 13.0. The highest BCUT2D eigenvalue weighted by Gasteiger charge is 2.29. The number of hydrogen-bond acceptors (Lipinski definition) is 4. The standard InChI is InChI=1S/C16H31O4P/c1-8-19-15(17)14(10-16(5,6)7)12-21(18,20-9-2)11-13(3)4/h10,13H,8-9,11-12H2,1-7H3. The fourth-order valence-electron chi connectivity index (χ4n) is 2.13. The minimum Gasteiger partial charge on any atom is -0.463 e. The molecular formula is C16H31O4P. The Morgan fingerprint density at radius 3 is 2.14 bits per heavy atom. The molecule has 0 aliphatic rings. The molecule has 5 heteroatoms. The number of rotatable bonds is 8. The maximum atomic E-state index is 13.0. The minimum atomic E-state index is -2.86. The molecule has 0 aliphatic carbocycles. The third kappa shape index (κ3) is 9.10. The van der Waals surface area contributed by atoms with Crippen molar-refractivity contribution in [3.8, 4) is 0 Å². The van der Waals surface area contributed by atoms with E-state index in [0.29, 0.717) is 24.9 Å². The Labute approximate surface area is 129 Å². The molecule has 0 rings (SSSR count). The third-order valence-corrected chi connectivity index (χ3v) is 5.40. The first kappa shape index (κ1) is 20.4. The SMILES string of the molecule is CCOC(=O)C(=CC(C)(C)C)CP(=O)(CC(C)C)OCC. The highest BCUT2D eigenvalue weighted by Crippen LogP contribution is 2.50. The van der Waals surface area contributed by atoms with Crippen LogP contribution >= 0.6 is 7.37 Å². The molecule has 0 saturated carbocycles. The molecule has 1 unspecified atom stereocenters. The van der Waals surface area contributed by atoms with Gasteiger partial charge in [0.2, 0.25) is 7.37 Å². The first-order valence-corrected chi connectivity index (χ1v) is 9.64. The van der Waals surface area contributed by atoms with Crippen molar-refractivity contribution in [3.63, 3.8) is 0 Å². The second-order valence-electron chi connectivity index (χ2n) is 6.72. The lowest BCUT2D eigenvalue weighted by Gasteiger charge is -2.22. The van der Waals surface area contributed by atoms with Crippen LogP contribution in [0.25, 0.3) is 0 Å². The molecule has 0 fully saturated rings. The van der Waals surface area contributed by atoms with Gasteiger partial charge in [-0.25, -0.2) is 4.79 Å². The Bertz CT molecular complexity index is 405. The van der Waals surface area contributed by atoms with Gasteiger partial charge in [-0.2, -0.15) is 0 Å². The summed E-state index contributed by atoms with van der Waals surface area (Å²) in [6.45, 7) is 14.3. The van der Waals surface area contributed by atoms with Crippen molar-refractivity contribution < 1.29 is 18.6 Å². The Hall–Kier alpha value is -0.600. The van der Waals surface area contributed by atoms with E-state index < -0.39 is 13.3 Å². The molecule has 0 bridgehead atoms. The second-order valence-corrected chi connectivity index (χ2v) is 9.29. The summed E-state index contributed by atoms with van der Waals surface area (Å²) in [7, 11) is -2.86. The lowest BCUT2D eigenvalue weighted by atomic mass is 9.94. The van der Waals surface area contributed by atoms with Crippen molar-refractivity contribution in [2.24, 2.45) is 11.3 Å². The van der Waals surface area contributed by atoms with Crippen molar-refractivity contribution in [3.05, 3.63) is 11.6 Å². The summed E-state index contributed by atoms with van der Waals surface area (Å²) in [5.41, 5.74) is 0.276. The zero-order chi connectivity index (χ0) is 16.7. The average Bonchev–Trinajstić information content (AvgIpc) is 2.25. The van der Waals surface area contributed by atoms with Crippen LogP contribution in [0.15, 0.2) is 11.6 Å². The number of carbonyl (C=O) groups is 1. The fourth-order valence-corrected chi connectivity index (χ4v) is 4.78. The van der Waals surface area contributed by atoms with Crippen molar-refractivity contribution in [2.45, 2.75) is 48.5 Å². The predicted octanol–water partition coefficient (Wildman–Crippen LogP) is 4.49. The Balaban J connectivity index is 5.38. The molecule has 0 amide bonds. The van der Waals surface area contributed by atoms with Gasteiger partial charge < -0.3 is 9.26 Å². The summed E-state index contributed by atoms with van der Waals surface area (Å²) in [6.07, 6.45) is 2.47. The van der Waals surface area contributed by atoms with Gasteiger partial charge in [-0.3, -0.25) is 4.57 Å².